The normalized spacial score (nSPS) is 13.2. The summed E-state index contributed by atoms with van der Waals surface area (Å²) < 4.78 is 78.0. The number of fused-ring (bicyclic) bond motifs is 1. The molecule has 1 aliphatic heterocycles. The molecule has 3 heterocycles. The molecule has 1 saturated heterocycles. The van der Waals surface area contributed by atoms with Gasteiger partial charge in [0.2, 0.25) is 0 Å². The van der Waals surface area contributed by atoms with Crippen LogP contribution in [-0.2, 0) is 25.0 Å². The molecule has 0 radical (unpaired) electrons. The molecule has 23 heteroatoms. The number of hydrogen-bond donors (Lipinski definition) is 3. The number of azo groups is 1. The smallest absolute Gasteiger partial charge is 1.00 e. The fourth-order valence-corrected chi connectivity index (χ4v) is 5.97. The third kappa shape index (κ3) is 9.98. The first-order chi connectivity index (χ1) is 23.3. The van der Waals surface area contributed by atoms with Gasteiger partial charge >= 0.3 is 77.0 Å². The van der Waals surface area contributed by atoms with Crippen molar-refractivity contribution in [3.63, 3.8) is 0 Å². The Hall–Kier alpha value is -3.38. The van der Waals surface area contributed by atoms with Gasteiger partial charge in [0.15, 0.2) is 0 Å². The zero-order chi connectivity index (χ0) is 34.9. The quantitative estimate of drug-likeness (QED) is 0.0412. The minimum Gasteiger partial charge on any atom is -1.00 e. The molecule has 0 saturated carbocycles. The van der Waals surface area contributed by atoms with Crippen LogP contribution in [0.1, 0.15) is 10.4 Å². The number of nitrogens with two attached hydrogens (primary N) is 2. The van der Waals surface area contributed by atoms with E-state index in [9.17, 15) is 30.7 Å². The van der Waals surface area contributed by atoms with Gasteiger partial charge in [0.25, 0.3) is 5.91 Å². The second-order valence-corrected chi connectivity index (χ2v) is 13.3. The van der Waals surface area contributed by atoms with Crippen molar-refractivity contribution >= 4 is 71.6 Å². The predicted molar refractivity (Wildman–Crippen MR) is 171 cm³/mol. The summed E-state index contributed by atoms with van der Waals surface area (Å²) in [6.45, 7) is 1.85. The van der Waals surface area contributed by atoms with Crippen LogP contribution in [-0.4, -0.2) is 73.1 Å². The van der Waals surface area contributed by atoms with E-state index < -0.39 is 35.9 Å². The monoisotopic (exact) mass is 786 g/mol. The standard InChI is InChI=1S/C29H26N10O8S2.ClH.2Na/c30-22-7-3-17-14-20(48(41,42)43)5-6-21(17)25(22)37-36-23-15-19(4-8-24(23)49(44,45)46)32-27-33-28(38-10-12-47-13-11-38)35-29(34-27)39-9-1-2-18(16-39)26(31)40;;;/h1-9,14-16H,10-13H2,(H6-,30,31,32,33,34,35,36,40,41,42,43,44,45,46);1H;;/q;;2*+1/p-2. The summed E-state index contributed by atoms with van der Waals surface area (Å²) in [6.07, 6.45) is 3.07. The number of halogens is 1. The average Bonchev–Trinajstić information content (AvgIpc) is 3.07. The van der Waals surface area contributed by atoms with Crippen LogP contribution in [0.2, 0.25) is 0 Å². The Balaban J connectivity index is 0.00000243. The number of anilines is 4. The maximum Gasteiger partial charge on any atom is 1.00 e. The van der Waals surface area contributed by atoms with E-state index in [-0.39, 0.29) is 118 Å². The zero-order valence-electron chi connectivity index (χ0n) is 27.5. The van der Waals surface area contributed by atoms with Crippen LogP contribution in [0.15, 0.2) is 93.1 Å². The first-order valence-electron chi connectivity index (χ1n) is 14.2. The van der Waals surface area contributed by atoms with Gasteiger partial charge in [-0.2, -0.15) is 0 Å². The Kier molecular flexibility index (Phi) is 14.6. The Labute approximate surface area is 347 Å². The number of nitrogens with one attached hydrogen (secondary N) is 1. The van der Waals surface area contributed by atoms with Crippen molar-refractivity contribution in [2.45, 2.75) is 9.79 Å². The first-order valence-corrected chi connectivity index (χ1v) is 17.0. The molecule has 0 unspecified atom stereocenters. The number of carbonyl (C=O) groups is 1. The average molecular weight is 787 g/mol. The summed E-state index contributed by atoms with van der Waals surface area (Å²) in [6, 6.07) is 13.1. The molecule has 52 heavy (non-hydrogen) atoms. The number of primary amides is 1. The Morgan fingerprint density at radius 1 is 0.923 bits per heavy atom. The SMILES string of the molecule is NC(=O)c1ccc[n+](-c2nc(Nc3ccc(S(=O)(=O)[O-])c(N=Nc4c(N)ccc5cc(S(=O)(=O)[O-])ccc45)c3)nc(N3CCOCC3)n2)c1.[Cl-].[Na+].[Na+]. The third-order valence-electron chi connectivity index (χ3n) is 7.25. The van der Waals surface area contributed by atoms with E-state index in [1.165, 1.54) is 47.2 Å². The number of benzene rings is 3. The van der Waals surface area contributed by atoms with Gasteiger partial charge in [0.1, 0.15) is 31.6 Å². The van der Waals surface area contributed by atoms with Crippen molar-refractivity contribution in [1.82, 2.24) is 15.0 Å². The second-order valence-electron chi connectivity index (χ2n) is 10.5. The summed E-state index contributed by atoms with van der Waals surface area (Å²) in [7, 11) is -9.79. The van der Waals surface area contributed by atoms with Crippen LogP contribution in [0.3, 0.4) is 0 Å². The number of hydrogen-bond acceptors (Lipinski definition) is 16. The molecule has 1 amide bonds. The second kappa shape index (κ2) is 17.6. The molecule has 260 valence electrons. The van der Waals surface area contributed by atoms with E-state index in [1.54, 1.807) is 12.3 Å². The third-order valence-corrected chi connectivity index (χ3v) is 8.96. The molecule has 5 aromatic rings. The molecule has 1 fully saturated rings. The number of nitrogens with zero attached hydrogens (tertiary/aromatic N) is 7. The molecule has 0 bridgehead atoms. The van der Waals surface area contributed by atoms with E-state index in [0.29, 0.717) is 37.1 Å². The number of aromatic nitrogens is 4. The van der Waals surface area contributed by atoms with Crippen LogP contribution >= 0.6 is 0 Å². The minimum absolute atomic E-state index is 0. The fourth-order valence-electron chi connectivity index (χ4n) is 4.87. The van der Waals surface area contributed by atoms with E-state index in [4.69, 9.17) is 16.2 Å². The van der Waals surface area contributed by atoms with Gasteiger partial charge in [0.05, 0.1) is 46.6 Å². The Bertz CT molecular complexity index is 2390. The number of carbonyl (C=O) groups excluding carboxylic acids is 1. The van der Waals surface area contributed by atoms with Crippen LogP contribution in [0.25, 0.3) is 16.7 Å². The van der Waals surface area contributed by atoms with Gasteiger partial charge in [-0.3, -0.25) is 4.79 Å². The van der Waals surface area contributed by atoms with Gasteiger partial charge in [-0.05, 0) is 63.9 Å². The molecule has 5 N–H and O–H groups in total. The molecule has 2 aromatic heterocycles. The largest absolute Gasteiger partial charge is 1.00 e. The van der Waals surface area contributed by atoms with Gasteiger partial charge < -0.3 is 47.9 Å². The molecular weight excluding hydrogens is 762 g/mol. The number of morpholine rings is 1. The summed E-state index contributed by atoms with van der Waals surface area (Å²) in [4.78, 5) is 26.1. The van der Waals surface area contributed by atoms with Crippen molar-refractivity contribution in [3.8, 4) is 5.95 Å². The maximum atomic E-state index is 12.2. The maximum absolute atomic E-state index is 12.2. The molecule has 6 rings (SSSR count). The van der Waals surface area contributed by atoms with E-state index in [1.807, 2.05) is 4.90 Å². The van der Waals surface area contributed by atoms with Gasteiger partial charge in [-0.15, -0.1) is 15.2 Å². The molecule has 3 aromatic carbocycles. The number of rotatable bonds is 9. The fraction of sp³-hybridized carbons (Fsp3) is 0.138. The van der Waals surface area contributed by atoms with E-state index >= 15 is 0 Å². The number of pyridine rings is 1. The summed E-state index contributed by atoms with van der Waals surface area (Å²) in [5.41, 5.74) is 11.7. The number of amides is 1. The molecule has 0 atom stereocenters. The van der Waals surface area contributed by atoms with Crippen LogP contribution in [0.5, 0.6) is 0 Å². The van der Waals surface area contributed by atoms with Crippen LogP contribution in [0, 0.1) is 0 Å². The van der Waals surface area contributed by atoms with E-state index in [0.717, 1.165) is 18.2 Å². The van der Waals surface area contributed by atoms with Crippen molar-refractivity contribution in [3.05, 3.63) is 78.6 Å². The number of ether oxygens (including phenoxy) is 1. The van der Waals surface area contributed by atoms with Crippen LogP contribution in [0.4, 0.5) is 34.6 Å². The minimum atomic E-state index is -5.04. The molecular formula is C29H25ClN10Na2O8S2. The van der Waals surface area contributed by atoms with Crippen molar-refractivity contribution in [2.75, 3.05) is 42.3 Å². The summed E-state index contributed by atoms with van der Waals surface area (Å²) in [5.74, 6) is -0.229. The topological polar surface area (TPSA) is 275 Å². The van der Waals surface area contributed by atoms with Gasteiger partial charge in [-0.25, -0.2) is 21.4 Å². The Morgan fingerprint density at radius 2 is 1.65 bits per heavy atom. The van der Waals surface area contributed by atoms with Gasteiger partial charge in [-0.1, -0.05) is 12.1 Å². The first kappa shape index (κ1) is 43.0. The molecule has 0 spiro atoms. The van der Waals surface area contributed by atoms with Crippen molar-refractivity contribution < 1.29 is 112 Å². The zero-order valence-corrected chi connectivity index (χ0v) is 33.9. The number of nitrogen functional groups attached to an aromatic ring is 1. The summed E-state index contributed by atoms with van der Waals surface area (Å²) in [5, 5.41) is 11.7. The van der Waals surface area contributed by atoms with Crippen molar-refractivity contribution in [1.29, 1.82) is 0 Å². The van der Waals surface area contributed by atoms with Gasteiger partial charge in [0, 0.05) is 24.2 Å². The molecule has 18 nitrogen and oxygen atoms in total. The predicted octanol–water partition coefficient (Wildman–Crippen LogP) is -7.20. The van der Waals surface area contributed by atoms with Crippen LogP contribution < -0.4 is 97.8 Å². The molecule has 0 aliphatic carbocycles. The Morgan fingerprint density at radius 3 is 2.33 bits per heavy atom. The van der Waals surface area contributed by atoms with E-state index in [2.05, 4.69) is 30.5 Å². The summed E-state index contributed by atoms with van der Waals surface area (Å²) >= 11 is 0. The van der Waals surface area contributed by atoms with Crippen molar-refractivity contribution in [2.24, 2.45) is 16.0 Å². The molecule has 1 aliphatic rings.